The fraction of sp³-hybridized carbons (Fsp3) is 0.391. The average Bonchev–Trinajstić information content (AvgIpc) is 3.38. The highest BCUT2D eigenvalue weighted by Crippen LogP contribution is 2.30. The van der Waals surface area contributed by atoms with Gasteiger partial charge in [0.1, 0.15) is 0 Å². The number of benzene rings is 2. The number of aryl methyl sites for hydroxylation is 1. The number of sulfonamides is 1. The van der Waals surface area contributed by atoms with Crippen molar-refractivity contribution in [3.8, 4) is 0 Å². The Balaban J connectivity index is 1.57. The third-order valence-electron chi connectivity index (χ3n) is 5.86. The van der Waals surface area contributed by atoms with Crippen LogP contribution in [0.2, 0.25) is 0 Å². The molecule has 0 fully saturated rings. The largest absolute Gasteiger partial charge is 0.319 e. The summed E-state index contributed by atoms with van der Waals surface area (Å²) in [5.74, 6) is 0.335. The summed E-state index contributed by atoms with van der Waals surface area (Å²) in [6.07, 6.45) is 0.879. The molecule has 1 aromatic heterocycles. The lowest BCUT2D eigenvalue weighted by Gasteiger charge is -2.18. The molecule has 170 valence electrons. The van der Waals surface area contributed by atoms with Crippen LogP contribution in [0, 0.1) is 0 Å². The van der Waals surface area contributed by atoms with Gasteiger partial charge in [0.05, 0.1) is 21.7 Å². The lowest BCUT2D eigenvalue weighted by atomic mass is 10.2. The van der Waals surface area contributed by atoms with E-state index in [2.05, 4.69) is 11.1 Å². The Morgan fingerprint density at radius 3 is 2.59 bits per heavy atom. The van der Waals surface area contributed by atoms with Crippen LogP contribution in [-0.2, 0) is 27.8 Å². The van der Waals surface area contributed by atoms with E-state index < -0.39 is 10.0 Å². The quantitative estimate of drug-likeness (QED) is 0.467. The molecule has 3 aromatic rings. The highest BCUT2D eigenvalue weighted by atomic mass is 32.2. The summed E-state index contributed by atoms with van der Waals surface area (Å²) in [5, 5.41) is 0.723. The van der Waals surface area contributed by atoms with Gasteiger partial charge in [-0.15, -0.1) is 0 Å². The lowest BCUT2D eigenvalue weighted by molar-refractivity contribution is -0.116. The fourth-order valence-corrected chi connectivity index (χ4v) is 6.61. The second-order valence-corrected chi connectivity index (χ2v) is 10.5. The smallest absolute Gasteiger partial charge is 0.243 e. The molecule has 0 spiro atoms. The van der Waals surface area contributed by atoms with Crippen molar-refractivity contribution >= 4 is 44.4 Å². The minimum atomic E-state index is -3.55. The summed E-state index contributed by atoms with van der Waals surface area (Å²) < 4.78 is 29.3. The van der Waals surface area contributed by atoms with E-state index >= 15 is 0 Å². The van der Waals surface area contributed by atoms with Gasteiger partial charge in [0, 0.05) is 31.9 Å². The van der Waals surface area contributed by atoms with Gasteiger partial charge in [0.2, 0.25) is 15.9 Å². The first-order chi connectivity index (χ1) is 15.4. The number of rotatable bonds is 8. The molecule has 32 heavy (non-hydrogen) atoms. The van der Waals surface area contributed by atoms with Gasteiger partial charge in [-0.25, -0.2) is 13.4 Å². The maximum absolute atomic E-state index is 12.9. The van der Waals surface area contributed by atoms with E-state index in [0.717, 1.165) is 22.8 Å². The monoisotopic (exact) mass is 472 g/mol. The molecular formula is C23H28N4O3S2. The van der Waals surface area contributed by atoms with Crippen molar-refractivity contribution in [2.24, 2.45) is 0 Å². The second-order valence-electron chi connectivity index (χ2n) is 7.59. The van der Waals surface area contributed by atoms with Crippen molar-refractivity contribution in [2.75, 3.05) is 30.3 Å². The van der Waals surface area contributed by atoms with Crippen LogP contribution in [0.15, 0.2) is 52.5 Å². The van der Waals surface area contributed by atoms with Crippen LogP contribution in [0.25, 0.3) is 11.0 Å². The zero-order valence-corrected chi connectivity index (χ0v) is 20.2. The highest BCUT2D eigenvalue weighted by Gasteiger charge is 2.26. The van der Waals surface area contributed by atoms with Crippen LogP contribution in [0.3, 0.4) is 0 Å². The molecule has 0 bridgehead atoms. The van der Waals surface area contributed by atoms with Gasteiger partial charge >= 0.3 is 0 Å². The van der Waals surface area contributed by atoms with Gasteiger partial charge in [-0.05, 0) is 43.2 Å². The lowest BCUT2D eigenvalue weighted by Crippen LogP contribution is -2.30. The zero-order chi connectivity index (χ0) is 22.9. The predicted octanol–water partition coefficient (Wildman–Crippen LogP) is 3.77. The number of aromatic nitrogens is 2. The Bertz CT molecular complexity index is 1250. The number of hydrogen-bond acceptors (Lipinski definition) is 5. The van der Waals surface area contributed by atoms with Crippen molar-refractivity contribution in [3.05, 3.63) is 48.0 Å². The number of amides is 1. The summed E-state index contributed by atoms with van der Waals surface area (Å²) in [4.78, 5) is 19.7. The molecule has 7 nitrogen and oxygen atoms in total. The molecule has 0 N–H and O–H groups in total. The first kappa shape index (κ1) is 22.8. The number of hydrogen-bond donors (Lipinski definition) is 0. The molecule has 9 heteroatoms. The van der Waals surface area contributed by atoms with E-state index in [-0.39, 0.29) is 16.6 Å². The molecule has 1 aliphatic rings. The van der Waals surface area contributed by atoms with Gasteiger partial charge < -0.3 is 9.47 Å². The van der Waals surface area contributed by atoms with Crippen molar-refractivity contribution in [3.63, 3.8) is 0 Å². The number of thioether (sulfide) groups is 1. The van der Waals surface area contributed by atoms with Crippen LogP contribution >= 0.6 is 11.8 Å². The Hall–Kier alpha value is -2.36. The molecule has 0 aliphatic carbocycles. The normalized spacial score (nSPS) is 13.8. The molecule has 0 atom stereocenters. The average molecular weight is 473 g/mol. The summed E-state index contributed by atoms with van der Waals surface area (Å²) in [6.45, 7) is 7.90. The number of fused-ring (bicyclic) bond motifs is 2. The summed E-state index contributed by atoms with van der Waals surface area (Å²) in [5.41, 5.74) is 3.69. The van der Waals surface area contributed by atoms with Gasteiger partial charge in [-0.2, -0.15) is 4.31 Å². The van der Waals surface area contributed by atoms with Crippen molar-refractivity contribution < 1.29 is 13.2 Å². The Morgan fingerprint density at radius 1 is 1.12 bits per heavy atom. The molecule has 0 saturated heterocycles. The molecule has 4 rings (SSSR count). The minimum absolute atomic E-state index is 0.0551. The molecule has 2 heterocycles. The van der Waals surface area contributed by atoms with Gasteiger partial charge in [0.25, 0.3) is 0 Å². The third kappa shape index (κ3) is 4.04. The number of nitrogens with zero attached hydrogens (tertiary/aromatic N) is 4. The Labute approximate surface area is 193 Å². The van der Waals surface area contributed by atoms with Crippen LogP contribution in [0.4, 0.5) is 5.69 Å². The van der Waals surface area contributed by atoms with E-state index in [4.69, 9.17) is 0 Å². The van der Waals surface area contributed by atoms with E-state index in [1.165, 1.54) is 21.6 Å². The van der Waals surface area contributed by atoms with Gasteiger partial charge in [0.15, 0.2) is 5.16 Å². The molecular weight excluding hydrogens is 444 g/mol. The van der Waals surface area contributed by atoms with E-state index in [0.29, 0.717) is 31.7 Å². The van der Waals surface area contributed by atoms with E-state index in [9.17, 15) is 13.2 Å². The van der Waals surface area contributed by atoms with E-state index in [1.54, 1.807) is 12.1 Å². The van der Waals surface area contributed by atoms with Crippen molar-refractivity contribution in [1.29, 1.82) is 0 Å². The molecule has 0 unspecified atom stereocenters. The number of carbonyl (C=O) groups is 1. The third-order valence-corrected chi connectivity index (χ3v) is 8.86. The number of para-hydroxylation sites is 1. The first-order valence-corrected chi connectivity index (χ1v) is 13.3. The van der Waals surface area contributed by atoms with Crippen LogP contribution in [0.1, 0.15) is 26.3 Å². The van der Waals surface area contributed by atoms with Crippen molar-refractivity contribution in [1.82, 2.24) is 13.9 Å². The topological polar surface area (TPSA) is 75.5 Å². The molecule has 1 amide bonds. The Morgan fingerprint density at radius 2 is 1.88 bits per heavy atom. The number of imidazole rings is 1. The molecule has 1 aliphatic heterocycles. The van der Waals surface area contributed by atoms with Crippen molar-refractivity contribution in [2.45, 2.75) is 43.8 Å². The molecule has 0 saturated carbocycles. The van der Waals surface area contributed by atoms with E-state index in [1.807, 2.05) is 54.5 Å². The van der Waals surface area contributed by atoms with Crippen LogP contribution < -0.4 is 4.90 Å². The standard InChI is InChI=1S/C23H28N4O3S2/c1-4-25(5-2)32(29,30)18-11-12-21-19(15-18)24-23(26(21)6-3)31-16-22(28)27-14-13-17-9-7-8-10-20(17)27/h7-12,15H,4-6,13-14,16H2,1-3H3. The maximum atomic E-state index is 12.9. The molecule has 2 aromatic carbocycles. The maximum Gasteiger partial charge on any atom is 0.243 e. The zero-order valence-electron chi connectivity index (χ0n) is 18.6. The minimum Gasteiger partial charge on any atom is -0.319 e. The van der Waals surface area contributed by atoms with Gasteiger partial charge in [-0.3, -0.25) is 4.79 Å². The van der Waals surface area contributed by atoms with Crippen LogP contribution in [-0.4, -0.2) is 53.6 Å². The first-order valence-electron chi connectivity index (χ1n) is 10.9. The van der Waals surface area contributed by atoms with Gasteiger partial charge in [-0.1, -0.05) is 43.8 Å². The highest BCUT2D eigenvalue weighted by molar-refractivity contribution is 7.99. The Kier molecular flexibility index (Phi) is 6.60. The fourth-order valence-electron chi connectivity index (χ4n) is 4.18. The second kappa shape index (κ2) is 9.25. The SMILES string of the molecule is CCN(CC)S(=O)(=O)c1ccc2c(c1)nc(SCC(=O)N1CCc3ccccc31)n2CC. The predicted molar refractivity (Wildman–Crippen MR) is 129 cm³/mol. The number of carbonyl (C=O) groups excluding carboxylic acids is 1. The summed E-state index contributed by atoms with van der Waals surface area (Å²) >= 11 is 1.40. The van der Waals surface area contributed by atoms with Crippen LogP contribution in [0.5, 0.6) is 0 Å². The summed E-state index contributed by atoms with van der Waals surface area (Å²) in [6, 6.07) is 13.1. The summed E-state index contributed by atoms with van der Waals surface area (Å²) in [7, 11) is -3.55. The number of anilines is 1. The molecule has 0 radical (unpaired) electrons.